The molecule has 0 radical (unpaired) electrons. The van der Waals surface area contributed by atoms with Crippen molar-refractivity contribution in [3.8, 4) is 5.75 Å². The van der Waals surface area contributed by atoms with Crippen LogP contribution in [0.2, 0.25) is 5.02 Å². The molecule has 4 rings (SSSR count). The van der Waals surface area contributed by atoms with E-state index in [1.165, 1.54) is 37.4 Å². The van der Waals surface area contributed by atoms with Gasteiger partial charge in [-0.05, 0) is 49.9 Å². The van der Waals surface area contributed by atoms with Gasteiger partial charge in [-0.3, -0.25) is 4.79 Å². The summed E-state index contributed by atoms with van der Waals surface area (Å²) in [6.45, 7) is 0. The number of methoxy groups -OCH3 is 1. The van der Waals surface area contributed by atoms with Crippen molar-refractivity contribution < 1.29 is 9.53 Å². The van der Waals surface area contributed by atoms with Crippen LogP contribution in [0.1, 0.15) is 44.1 Å². The lowest BCUT2D eigenvalue weighted by atomic mass is 9.97. The van der Waals surface area contributed by atoms with Gasteiger partial charge in [0, 0.05) is 16.9 Å². The van der Waals surface area contributed by atoms with Crippen molar-refractivity contribution in [2.45, 2.75) is 44.2 Å². The van der Waals surface area contributed by atoms with Gasteiger partial charge < -0.3 is 15.4 Å². The van der Waals surface area contributed by atoms with Gasteiger partial charge in [0.2, 0.25) is 5.91 Å². The van der Waals surface area contributed by atoms with Crippen molar-refractivity contribution in [2.75, 3.05) is 23.5 Å². The Morgan fingerprint density at radius 2 is 1.97 bits per heavy atom. The molecule has 0 saturated heterocycles. The van der Waals surface area contributed by atoms with Crippen molar-refractivity contribution in [1.82, 2.24) is 0 Å². The minimum Gasteiger partial charge on any atom is -0.495 e. The maximum Gasteiger partial charge on any atom is 0.234 e. The lowest BCUT2D eigenvalue weighted by molar-refractivity contribution is -0.113. The number of anilines is 2. The van der Waals surface area contributed by atoms with Gasteiger partial charge >= 0.3 is 0 Å². The van der Waals surface area contributed by atoms with Crippen LogP contribution in [-0.2, 0) is 4.79 Å². The predicted octanol–water partition coefficient (Wildman–Crippen LogP) is 5.94. The molecule has 5 nitrogen and oxygen atoms in total. The highest BCUT2D eigenvalue weighted by molar-refractivity contribution is 8.15. The first-order valence-corrected chi connectivity index (χ1v) is 11.7. The summed E-state index contributed by atoms with van der Waals surface area (Å²) in [7, 11) is 1.56. The number of nitrogens with one attached hydrogen (secondary N) is 2. The number of hydrogen-bond donors (Lipinski definition) is 2. The minimum atomic E-state index is -0.243. The van der Waals surface area contributed by atoms with Gasteiger partial charge in [0.05, 0.1) is 17.9 Å². The summed E-state index contributed by atoms with van der Waals surface area (Å²) in [4.78, 5) is 17.7. The highest BCUT2D eigenvalue weighted by Gasteiger charge is 2.35. The second-order valence-corrected chi connectivity index (χ2v) is 9.09. The molecule has 0 atom stereocenters. The summed E-state index contributed by atoms with van der Waals surface area (Å²) in [6.07, 6.45) is 6.93. The largest absolute Gasteiger partial charge is 0.495 e. The van der Waals surface area contributed by atoms with Gasteiger partial charge in [-0.15, -0.1) is 0 Å². The average Bonchev–Trinajstić information content (AvgIpc) is 2.97. The van der Waals surface area contributed by atoms with Crippen LogP contribution in [0.25, 0.3) is 0 Å². The number of carbonyl (C=O) groups excluding carboxylic acids is 1. The van der Waals surface area contributed by atoms with E-state index in [2.05, 4.69) is 22.8 Å². The van der Waals surface area contributed by atoms with E-state index in [-0.39, 0.29) is 17.3 Å². The highest BCUT2D eigenvalue weighted by Crippen LogP contribution is 2.39. The van der Waals surface area contributed by atoms with E-state index < -0.39 is 0 Å². The van der Waals surface area contributed by atoms with Gasteiger partial charge in [-0.25, -0.2) is 4.99 Å². The summed E-state index contributed by atoms with van der Waals surface area (Å²) in [5.41, 5.74) is 2.59. The van der Waals surface area contributed by atoms with Gasteiger partial charge in [-0.1, -0.05) is 54.4 Å². The molecule has 2 aromatic carbocycles. The topological polar surface area (TPSA) is 62.7 Å². The number of rotatable bonds is 4. The Hall–Kier alpha value is -2.18. The summed E-state index contributed by atoms with van der Waals surface area (Å²) in [5, 5.41) is 8.01. The van der Waals surface area contributed by atoms with Crippen molar-refractivity contribution in [1.29, 1.82) is 0 Å². The summed E-state index contributed by atoms with van der Waals surface area (Å²) >= 11 is 7.65. The molecule has 0 bridgehead atoms. The Morgan fingerprint density at radius 3 is 2.70 bits per heavy atom. The van der Waals surface area contributed by atoms with Gasteiger partial charge in [0.15, 0.2) is 0 Å². The van der Waals surface area contributed by atoms with Crippen LogP contribution in [0, 0.1) is 0 Å². The third-order valence-electron chi connectivity index (χ3n) is 5.55. The first-order valence-electron chi connectivity index (χ1n) is 10.3. The van der Waals surface area contributed by atoms with Crippen molar-refractivity contribution >= 4 is 45.7 Å². The van der Waals surface area contributed by atoms with E-state index in [9.17, 15) is 4.79 Å². The number of aliphatic imine (C=N–C) groups is 1. The van der Waals surface area contributed by atoms with E-state index in [4.69, 9.17) is 21.3 Å². The molecule has 158 valence electrons. The first kappa shape index (κ1) is 21.1. The smallest absolute Gasteiger partial charge is 0.234 e. The number of halogens is 1. The number of ether oxygens (including phenoxy) is 1. The highest BCUT2D eigenvalue weighted by atomic mass is 35.5. The molecule has 30 heavy (non-hydrogen) atoms. The Balaban J connectivity index is 1.48. The monoisotopic (exact) mass is 443 g/mol. The van der Waals surface area contributed by atoms with Crippen LogP contribution < -0.4 is 15.4 Å². The van der Waals surface area contributed by atoms with Crippen LogP contribution >= 0.6 is 23.4 Å². The van der Waals surface area contributed by atoms with E-state index in [1.54, 1.807) is 25.3 Å². The van der Waals surface area contributed by atoms with Crippen molar-refractivity contribution in [2.24, 2.45) is 4.99 Å². The zero-order chi connectivity index (χ0) is 21.0. The van der Waals surface area contributed by atoms with Crippen LogP contribution in [0.3, 0.4) is 0 Å². The lowest BCUT2D eigenvalue weighted by Gasteiger charge is -2.36. The van der Waals surface area contributed by atoms with E-state index in [1.807, 2.05) is 12.1 Å². The zero-order valence-corrected chi connectivity index (χ0v) is 18.6. The fourth-order valence-electron chi connectivity index (χ4n) is 4.05. The molecular weight excluding hydrogens is 418 g/mol. The molecule has 1 aliphatic heterocycles. The number of benzene rings is 2. The van der Waals surface area contributed by atoms with Crippen LogP contribution in [0.15, 0.2) is 47.5 Å². The van der Waals surface area contributed by atoms with Gasteiger partial charge in [0.25, 0.3) is 0 Å². The van der Waals surface area contributed by atoms with Crippen molar-refractivity contribution in [3.05, 3.63) is 53.1 Å². The summed E-state index contributed by atoms with van der Waals surface area (Å²) in [5.74, 6) is 0.778. The second-order valence-electron chi connectivity index (χ2n) is 7.72. The molecular formula is C23H26ClN3O2S. The Morgan fingerprint density at radius 1 is 1.20 bits per heavy atom. The first-order chi connectivity index (χ1) is 14.6. The molecule has 1 heterocycles. The fraction of sp³-hybridized carbons (Fsp3) is 0.391. The molecule has 1 aliphatic carbocycles. The van der Waals surface area contributed by atoms with Crippen LogP contribution in [0.5, 0.6) is 5.75 Å². The van der Waals surface area contributed by atoms with Crippen LogP contribution in [0.4, 0.5) is 11.4 Å². The number of para-hydroxylation sites is 1. The number of carbonyl (C=O) groups is 1. The molecule has 0 unspecified atom stereocenters. The number of amides is 1. The standard InChI is InChI=1S/C23H26ClN3O2S/c1-29-20-11-10-16(14-18(20)24)25-21(28)15-30-22-17-8-4-5-9-19(17)26-23(27-22)12-6-2-3-7-13-23/h4-5,8-11,14,26H,2-3,6-7,12-13,15H2,1H3,(H,25,28). The second kappa shape index (κ2) is 9.31. The zero-order valence-electron chi connectivity index (χ0n) is 17.0. The number of nitrogens with zero attached hydrogens (tertiary/aromatic N) is 1. The fourth-order valence-corrected chi connectivity index (χ4v) is 5.22. The molecule has 2 N–H and O–H groups in total. The molecule has 2 aliphatic rings. The van der Waals surface area contributed by atoms with Crippen molar-refractivity contribution in [3.63, 3.8) is 0 Å². The maximum absolute atomic E-state index is 12.6. The predicted molar refractivity (Wildman–Crippen MR) is 126 cm³/mol. The Labute approximate surface area is 186 Å². The summed E-state index contributed by atoms with van der Waals surface area (Å²) in [6, 6.07) is 13.5. The molecule has 2 aromatic rings. The molecule has 1 saturated carbocycles. The summed E-state index contributed by atoms with van der Waals surface area (Å²) < 4.78 is 5.16. The molecule has 1 fully saturated rings. The lowest BCUT2D eigenvalue weighted by Crippen LogP contribution is -2.40. The molecule has 1 amide bonds. The van der Waals surface area contributed by atoms with Gasteiger partial charge in [-0.2, -0.15) is 0 Å². The van der Waals surface area contributed by atoms with E-state index >= 15 is 0 Å². The number of fused-ring (bicyclic) bond motifs is 1. The third-order valence-corrected chi connectivity index (χ3v) is 6.83. The number of hydrogen-bond acceptors (Lipinski definition) is 5. The molecule has 1 spiro atoms. The SMILES string of the molecule is COc1ccc(NC(=O)CSC2=NC3(CCCCCC3)Nc3ccccc32)cc1Cl. The van der Waals surface area contributed by atoms with E-state index in [0.29, 0.717) is 16.5 Å². The Bertz CT molecular complexity index is 955. The maximum atomic E-state index is 12.6. The molecule has 0 aromatic heterocycles. The third kappa shape index (κ3) is 4.76. The Kier molecular flexibility index (Phi) is 6.54. The van der Waals surface area contributed by atoms with E-state index in [0.717, 1.165) is 29.1 Å². The number of thioether (sulfide) groups is 1. The molecule has 7 heteroatoms. The minimum absolute atomic E-state index is 0.0881. The quantitative estimate of drug-likeness (QED) is 0.613. The van der Waals surface area contributed by atoms with Crippen LogP contribution in [-0.4, -0.2) is 29.5 Å². The van der Waals surface area contributed by atoms with Gasteiger partial charge in [0.1, 0.15) is 16.5 Å². The average molecular weight is 444 g/mol. The normalized spacial score (nSPS) is 17.3.